The van der Waals surface area contributed by atoms with Crippen LogP contribution >= 0.6 is 0 Å². The minimum Gasteiger partial charge on any atom is -0.318 e. The summed E-state index contributed by atoms with van der Waals surface area (Å²) in [4.78, 5) is 25.5. The Morgan fingerprint density at radius 2 is 1.71 bits per heavy atom. The molecular formula is C24H25N5O2. The number of rotatable bonds is 5. The second-order valence-electron chi connectivity index (χ2n) is 8.01. The van der Waals surface area contributed by atoms with E-state index in [1.165, 1.54) is 11.8 Å². The van der Waals surface area contributed by atoms with E-state index in [4.69, 9.17) is 0 Å². The monoisotopic (exact) mass is 415 g/mol. The van der Waals surface area contributed by atoms with Crippen LogP contribution in [0, 0.1) is 20.8 Å². The van der Waals surface area contributed by atoms with Gasteiger partial charge in [0.05, 0.1) is 18.5 Å². The molecule has 1 aromatic heterocycles. The number of carbonyl (C=O) groups is 2. The number of amides is 3. The van der Waals surface area contributed by atoms with Crippen molar-refractivity contribution in [1.29, 1.82) is 0 Å². The number of hydrazone groups is 1. The molecule has 2 heterocycles. The molecule has 31 heavy (non-hydrogen) atoms. The molecule has 1 N–H and O–H groups in total. The van der Waals surface area contributed by atoms with Crippen LogP contribution in [0.3, 0.4) is 0 Å². The van der Waals surface area contributed by atoms with Gasteiger partial charge in [-0.2, -0.15) is 10.2 Å². The molecular weight excluding hydrogens is 390 g/mol. The maximum absolute atomic E-state index is 13.0. The molecule has 3 amide bonds. The Hall–Kier alpha value is -3.74. The van der Waals surface area contributed by atoms with Crippen LogP contribution < -0.4 is 5.32 Å². The number of nitrogens with one attached hydrogen (secondary N) is 1. The Morgan fingerprint density at radius 3 is 2.39 bits per heavy atom. The molecule has 1 aliphatic heterocycles. The van der Waals surface area contributed by atoms with Crippen molar-refractivity contribution in [3.05, 3.63) is 88.2 Å². The predicted octanol–water partition coefficient (Wildman–Crippen LogP) is 3.66. The summed E-state index contributed by atoms with van der Waals surface area (Å²) in [5, 5.41) is 12.5. The maximum atomic E-state index is 13.0. The summed E-state index contributed by atoms with van der Waals surface area (Å²) in [5.74, 6) is -0.415. The molecule has 158 valence electrons. The number of hydrogen-bond acceptors (Lipinski definition) is 4. The van der Waals surface area contributed by atoms with Gasteiger partial charge in [0.15, 0.2) is 0 Å². The van der Waals surface area contributed by atoms with Gasteiger partial charge >= 0.3 is 6.03 Å². The van der Waals surface area contributed by atoms with Crippen molar-refractivity contribution in [1.82, 2.24) is 20.1 Å². The summed E-state index contributed by atoms with van der Waals surface area (Å²) in [6, 6.07) is 16.9. The Labute approximate surface area is 181 Å². The average Bonchev–Trinajstić information content (AvgIpc) is 3.15. The summed E-state index contributed by atoms with van der Waals surface area (Å²) >= 11 is 0. The summed E-state index contributed by atoms with van der Waals surface area (Å²) in [5.41, 5.74) is 4.42. The molecule has 7 nitrogen and oxygen atoms in total. The highest BCUT2D eigenvalue weighted by atomic mass is 16.2. The van der Waals surface area contributed by atoms with Gasteiger partial charge < -0.3 is 5.32 Å². The number of urea groups is 1. The first-order valence-corrected chi connectivity index (χ1v) is 10.2. The highest BCUT2D eigenvalue weighted by molar-refractivity contribution is 6.07. The van der Waals surface area contributed by atoms with Crippen LogP contribution in [0.2, 0.25) is 0 Å². The van der Waals surface area contributed by atoms with Crippen LogP contribution in [0.4, 0.5) is 4.79 Å². The van der Waals surface area contributed by atoms with E-state index >= 15 is 0 Å². The fourth-order valence-corrected chi connectivity index (χ4v) is 3.73. The lowest BCUT2D eigenvalue weighted by Gasteiger charge is -2.20. The van der Waals surface area contributed by atoms with Gasteiger partial charge in [0, 0.05) is 11.3 Å². The van der Waals surface area contributed by atoms with E-state index in [0.717, 1.165) is 27.5 Å². The predicted molar refractivity (Wildman–Crippen MR) is 119 cm³/mol. The molecule has 1 saturated heterocycles. The number of aryl methyl sites for hydroxylation is 2. The van der Waals surface area contributed by atoms with E-state index in [9.17, 15) is 9.59 Å². The van der Waals surface area contributed by atoms with Gasteiger partial charge in [-0.05, 0) is 38.8 Å². The van der Waals surface area contributed by atoms with Crippen LogP contribution in [-0.4, -0.2) is 32.9 Å². The van der Waals surface area contributed by atoms with Crippen LogP contribution in [0.5, 0.6) is 0 Å². The molecule has 1 fully saturated rings. The zero-order valence-corrected chi connectivity index (χ0v) is 18.1. The van der Waals surface area contributed by atoms with Gasteiger partial charge in [-0.25, -0.2) is 4.79 Å². The van der Waals surface area contributed by atoms with E-state index in [1.54, 1.807) is 6.92 Å². The maximum Gasteiger partial charge on any atom is 0.346 e. The number of benzene rings is 2. The van der Waals surface area contributed by atoms with Crippen molar-refractivity contribution < 1.29 is 9.59 Å². The Kier molecular flexibility index (Phi) is 5.19. The van der Waals surface area contributed by atoms with Gasteiger partial charge in [0.25, 0.3) is 5.91 Å². The van der Waals surface area contributed by atoms with Gasteiger partial charge in [0.2, 0.25) is 0 Å². The second kappa shape index (κ2) is 7.83. The zero-order chi connectivity index (χ0) is 22.2. The van der Waals surface area contributed by atoms with Crippen LogP contribution in [-0.2, 0) is 16.9 Å². The van der Waals surface area contributed by atoms with Crippen LogP contribution in [0.25, 0.3) is 0 Å². The van der Waals surface area contributed by atoms with Crippen molar-refractivity contribution in [2.75, 3.05) is 0 Å². The van der Waals surface area contributed by atoms with Crippen LogP contribution in [0.1, 0.15) is 40.6 Å². The lowest BCUT2D eigenvalue weighted by Crippen LogP contribution is -2.40. The molecule has 1 atom stereocenters. The molecule has 0 saturated carbocycles. The first kappa shape index (κ1) is 20.5. The molecule has 0 spiro atoms. The molecule has 1 aliphatic rings. The van der Waals surface area contributed by atoms with Crippen LogP contribution in [0.15, 0.2) is 59.7 Å². The second-order valence-corrected chi connectivity index (χ2v) is 8.01. The highest BCUT2D eigenvalue weighted by Gasteiger charge is 2.49. The van der Waals surface area contributed by atoms with Gasteiger partial charge in [-0.1, -0.05) is 60.2 Å². The third-order valence-corrected chi connectivity index (χ3v) is 5.71. The minimum absolute atomic E-state index is 0.415. The topological polar surface area (TPSA) is 79.6 Å². The van der Waals surface area contributed by atoms with E-state index in [1.807, 2.05) is 48.9 Å². The van der Waals surface area contributed by atoms with E-state index in [0.29, 0.717) is 12.1 Å². The highest BCUT2D eigenvalue weighted by Crippen LogP contribution is 2.28. The summed E-state index contributed by atoms with van der Waals surface area (Å²) in [7, 11) is 0. The fourth-order valence-electron chi connectivity index (χ4n) is 3.73. The van der Waals surface area contributed by atoms with E-state index in [-0.39, 0.29) is 0 Å². The standard InChI is InChI=1S/C24H25N5O2/c1-16-10-12-19(13-11-16)15-28-18(3)21(17(2)27-28)14-25-29-22(30)24(4,26-23(29)31)20-8-6-5-7-9-20/h5-14H,15H2,1-4H3,(H,26,31)/b25-14-/t24-/m0/s1. The molecule has 4 rings (SSSR count). The summed E-state index contributed by atoms with van der Waals surface area (Å²) in [6.07, 6.45) is 1.54. The van der Waals surface area contributed by atoms with Gasteiger partial charge in [0.1, 0.15) is 5.54 Å². The Bertz CT molecular complexity index is 1160. The van der Waals surface area contributed by atoms with Crippen molar-refractivity contribution >= 4 is 18.2 Å². The molecule has 0 unspecified atom stereocenters. The number of imide groups is 1. The van der Waals surface area contributed by atoms with Gasteiger partial charge in [-0.3, -0.25) is 9.48 Å². The third-order valence-electron chi connectivity index (χ3n) is 5.71. The van der Waals surface area contributed by atoms with Crippen molar-refractivity contribution in [3.8, 4) is 0 Å². The molecule has 3 aromatic rings. The lowest BCUT2D eigenvalue weighted by atomic mass is 9.92. The van der Waals surface area contributed by atoms with E-state index < -0.39 is 17.5 Å². The number of aromatic nitrogens is 2. The lowest BCUT2D eigenvalue weighted by molar-refractivity contribution is -0.131. The summed E-state index contributed by atoms with van der Waals surface area (Å²) < 4.78 is 1.90. The largest absolute Gasteiger partial charge is 0.346 e. The molecule has 0 radical (unpaired) electrons. The quantitative estimate of drug-likeness (QED) is 0.510. The zero-order valence-electron chi connectivity index (χ0n) is 18.1. The third kappa shape index (κ3) is 3.74. The first-order chi connectivity index (χ1) is 14.8. The molecule has 7 heteroatoms. The number of nitrogens with zero attached hydrogens (tertiary/aromatic N) is 4. The van der Waals surface area contributed by atoms with Gasteiger partial charge in [-0.15, -0.1) is 5.01 Å². The van der Waals surface area contributed by atoms with Crippen molar-refractivity contribution in [2.45, 2.75) is 39.8 Å². The van der Waals surface area contributed by atoms with E-state index in [2.05, 4.69) is 46.7 Å². The minimum atomic E-state index is -1.14. The Morgan fingerprint density at radius 1 is 1.03 bits per heavy atom. The molecule has 0 bridgehead atoms. The van der Waals surface area contributed by atoms with Crippen molar-refractivity contribution in [3.63, 3.8) is 0 Å². The molecule has 2 aromatic carbocycles. The fraction of sp³-hybridized carbons (Fsp3) is 0.250. The SMILES string of the molecule is Cc1ccc(Cn2nc(C)c(/C=N\N3C(=O)N[C@@](C)(c4ccccc4)C3=O)c2C)cc1. The normalized spacial score (nSPS) is 18.8. The van der Waals surface area contributed by atoms with Crippen molar-refractivity contribution in [2.24, 2.45) is 5.10 Å². The molecule has 0 aliphatic carbocycles. The Balaban J connectivity index is 1.57. The number of carbonyl (C=O) groups excluding carboxylic acids is 2. The first-order valence-electron chi connectivity index (χ1n) is 10.2. The number of hydrogen-bond donors (Lipinski definition) is 1. The summed E-state index contributed by atoms with van der Waals surface area (Å²) in [6.45, 7) is 8.22. The average molecular weight is 415 g/mol. The smallest absolute Gasteiger partial charge is 0.318 e.